The summed E-state index contributed by atoms with van der Waals surface area (Å²) in [6, 6.07) is 14.3. The number of hydrogen-bond donors (Lipinski definition) is 1. The van der Waals surface area contributed by atoms with Crippen LogP contribution in [0.15, 0.2) is 59.7 Å². The third-order valence-corrected chi connectivity index (χ3v) is 4.30. The van der Waals surface area contributed by atoms with Crippen LogP contribution in [-0.2, 0) is 9.53 Å². The van der Waals surface area contributed by atoms with Gasteiger partial charge in [-0.05, 0) is 30.5 Å². The van der Waals surface area contributed by atoms with Gasteiger partial charge in [-0.2, -0.15) is 0 Å². The van der Waals surface area contributed by atoms with Crippen LogP contribution < -0.4 is 5.32 Å². The summed E-state index contributed by atoms with van der Waals surface area (Å²) < 4.78 is 4.75. The number of unbranched alkanes of at least 4 members (excludes halogenated alkanes) is 1. The lowest BCUT2D eigenvalue weighted by Gasteiger charge is -2.16. The van der Waals surface area contributed by atoms with Crippen LogP contribution in [0.5, 0.6) is 0 Å². The summed E-state index contributed by atoms with van der Waals surface area (Å²) in [6.45, 7) is 0.329. The molecule has 0 saturated carbocycles. The van der Waals surface area contributed by atoms with Gasteiger partial charge in [-0.3, -0.25) is 9.59 Å². The van der Waals surface area contributed by atoms with Crippen molar-refractivity contribution in [3.63, 3.8) is 0 Å². The van der Waals surface area contributed by atoms with E-state index in [-0.39, 0.29) is 5.78 Å². The van der Waals surface area contributed by atoms with Crippen LogP contribution in [0.3, 0.4) is 0 Å². The molecule has 2 aromatic carbocycles. The summed E-state index contributed by atoms with van der Waals surface area (Å²) >= 11 is 0. The number of ether oxygens (including phenoxy) is 1. The molecule has 0 spiro atoms. The van der Waals surface area contributed by atoms with Crippen molar-refractivity contribution in [1.29, 1.82) is 0 Å². The van der Waals surface area contributed by atoms with Gasteiger partial charge in [-0.15, -0.1) is 0 Å². The summed E-state index contributed by atoms with van der Waals surface area (Å²) in [5, 5.41) is 6.09. The highest BCUT2D eigenvalue weighted by molar-refractivity contribution is 6.09. The van der Waals surface area contributed by atoms with E-state index in [1.54, 1.807) is 48.5 Å². The molecule has 1 atom stereocenters. The van der Waals surface area contributed by atoms with Crippen LogP contribution in [0.25, 0.3) is 10.4 Å². The molecule has 8 heteroatoms. The third kappa shape index (κ3) is 6.48. The first-order valence-electron chi connectivity index (χ1n) is 9.16. The van der Waals surface area contributed by atoms with Crippen LogP contribution in [0.1, 0.15) is 45.5 Å². The van der Waals surface area contributed by atoms with Crippen molar-refractivity contribution in [1.82, 2.24) is 5.32 Å². The van der Waals surface area contributed by atoms with E-state index in [1.807, 2.05) is 6.07 Å². The Hall–Kier alpha value is -3.64. The maximum atomic E-state index is 12.5. The van der Waals surface area contributed by atoms with Gasteiger partial charge in [0.1, 0.15) is 6.04 Å². The van der Waals surface area contributed by atoms with E-state index >= 15 is 0 Å². The van der Waals surface area contributed by atoms with Crippen molar-refractivity contribution in [3.8, 4) is 0 Å². The van der Waals surface area contributed by atoms with Crippen LogP contribution in [0.2, 0.25) is 0 Å². The molecule has 0 aromatic heterocycles. The Morgan fingerprint density at radius 1 is 1.00 bits per heavy atom. The number of amides is 1. The zero-order valence-corrected chi connectivity index (χ0v) is 16.1. The Labute approximate surface area is 168 Å². The zero-order valence-electron chi connectivity index (χ0n) is 16.1. The lowest BCUT2D eigenvalue weighted by atomic mass is 10.0. The fourth-order valence-electron chi connectivity index (χ4n) is 2.74. The third-order valence-electron chi connectivity index (χ3n) is 4.30. The Bertz CT molecular complexity index is 891. The molecule has 0 saturated heterocycles. The Kier molecular flexibility index (Phi) is 8.41. The molecule has 0 radical (unpaired) electrons. The molecule has 0 aliphatic heterocycles. The van der Waals surface area contributed by atoms with Gasteiger partial charge in [0.15, 0.2) is 5.78 Å². The normalized spacial score (nSPS) is 11.1. The first-order chi connectivity index (χ1) is 14.1. The van der Waals surface area contributed by atoms with Crippen LogP contribution >= 0.6 is 0 Å². The summed E-state index contributed by atoms with van der Waals surface area (Å²) in [5.74, 6) is -1.11. The first kappa shape index (κ1) is 21.7. The van der Waals surface area contributed by atoms with Gasteiger partial charge >= 0.3 is 5.97 Å². The molecule has 0 fully saturated rings. The maximum Gasteiger partial charge on any atom is 0.328 e. The fourth-order valence-corrected chi connectivity index (χ4v) is 2.74. The van der Waals surface area contributed by atoms with Gasteiger partial charge in [0.2, 0.25) is 0 Å². The number of carbonyl (C=O) groups excluding carboxylic acids is 3. The number of methoxy groups -OCH3 is 1. The quantitative estimate of drug-likeness (QED) is 0.165. The largest absolute Gasteiger partial charge is 0.467 e. The van der Waals surface area contributed by atoms with Crippen molar-refractivity contribution in [3.05, 3.63) is 81.7 Å². The Morgan fingerprint density at radius 2 is 1.62 bits per heavy atom. The molecular formula is C21H22N4O4. The lowest BCUT2D eigenvalue weighted by molar-refractivity contribution is -0.143. The maximum absolute atomic E-state index is 12.5. The average Bonchev–Trinajstić information content (AvgIpc) is 2.77. The molecule has 0 bridgehead atoms. The standard InChI is InChI=1S/C21H22N4O4/c1-29-21(28)18(9-5-6-14-23-25-22)24-20(27)17-12-10-16(11-13-17)19(26)15-7-3-2-4-8-15/h2-4,7-8,10-13,18H,5-6,9,14H2,1H3,(H,24,27)/t18-/m0/s1. The van der Waals surface area contributed by atoms with Gasteiger partial charge < -0.3 is 10.1 Å². The van der Waals surface area contributed by atoms with Gasteiger partial charge in [0, 0.05) is 28.1 Å². The fraction of sp³-hybridized carbons (Fsp3) is 0.286. The number of benzene rings is 2. The second-order valence-corrected chi connectivity index (χ2v) is 6.27. The average molecular weight is 394 g/mol. The molecule has 2 rings (SSSR count). The van der Waals surface area contributed by atoms with E-state index < -0.39 is 17.9 Å². The van der Waals surface area contributed by atoms with E-state index in [0.29, 0.717) is 42.5 Å². The molecular weight excluding hydrogens is 372 g/mol. The van der Waals surface area contributed by atoms with Crippen molar-refractivity contribution in [2.45, 2.75) is 25.3 Å². The van der Waals surface area contributed by atoms with Crippen molar-refractivity contribution in [2.24, 2.45) is 5.11 Å². The summed E-state index contributed by atoms with van der Waals surface area (Å²) in [4.78, 5) is 39.5. The summed E-state index contributed by atoms with van der Waals surface area (Å²) in [7, 11) is 1.26. The molecule has 1 amide bonds. The minimum Gasteiger partial charge on any atom is -0.467 e. The number of nitrogens with one attached hydrogen (secondary N) is 1. The van der Waals surface area contributed by atoms with Gasteiger partial charge in [0.25, 0.3) is 5.91 Å². The molecule has 0 unspecified atom stereocenters. The molecule has 29 heavy (non-hydrogen) atoms. The number of rotatable bonds is 10. The van der Waals surface area contributed by atoms with Gasteiger partial charge in [0.05, 0.1) is 7.11 Å². The minimum absolute atomic E-state index is 0.134. The summed E-state index contributed by atoms with van der Waals surface area (Å²) in [6.07, 6.45) is 1.55. The van der Waals surface area contributed by atoms with Crippen molar-refractivity contribution >= 4 is 17.7 Å². The van der Waals surface area contributed by atoms with Crippen molar-refractivity contribution < 1.29 is 19.1 Å². The second kappa shape index (κ2) is 11.3. The smallest absolute Gasteiger partial charge is 0.328 e. The molecule has 1 N–H and O–H groups in total. The lowest BCUT2D eigenvalue weighted by Crippen LogP contribution is -2.41. The zero-order chi connectivity index (χ0) is 21.1. The van der Waals surface area contributed by atoms with Crippen LogP contribution in [0, 0.1) is 0 Å². The van der Waals surface area contributed by atoms with E-state index in [4.69, 9.17) is 10.3 Å². The number of nitrogens with zero attached hydrogens (tertiary/aromatic N) is 3. The number of esters is 1. The Morgan fingerprint density at radius 3 is 2.24 bits per heavy atom. The monoisotopic (exact) mass is 394 g/mol. The molecule has 0 aliphatic carbocycles. The predicted octanol–water partition coefficient (Wildman–Crippen LogP) is 3.67. The van der Waals surface area contributed by atoms with E-state index in [0.717, 1.165) is 0 Å². The number of hydrogen-bond acceptors (Lipinski definition) is 5. The SMILES string of the molecule is COC(=O)[C@H](CCCCN=[N+]=[N-])NC(=O)c1ccc(C(=O)c2ccccc2)cc1. The topological polar surface area (TPSA) is 121 Å². The minimum atomic E-state index is -0.802. The van der Waals surface area contributed by atoms with Gasteiger partial charge in [-0.1, -0.05) is 54.0 Å². The molecule has 8 nitrogen and oxygen atoms in total. The highest BCUT2D eigenvalue weighted by Gasteiger charge is 2.22. The highest BCUT2D eigenvalue weighted by Crippen LogP contribution is 2.12. The molecule has 0 heterocycles. The molecule has 0 aliphatic rings. The number of carbonyl (C=O) groups is 3. The summed E-state index contributed by atoms with van der Waals surface area (Å²) in [5.41, 5.74) is 9.64. The highest BCUT2D eigenvalue weighted by atomic mass is 16.5. The Balaban J connectivity index is 2.00. The van der Waals surface area contributed by atoms with Crippen molar-refractivity contribution in [2.75, 3.05) is 13.7 Å². The van der Waals surface area contributed by atoms with Crippen LogP contribution in [0.4, 0.5) is 0 Å². The molecule has 150 valence electrons. The van der Waals surface area contributed by atoms with Crippen LogP contribution in [-0.4, -0.2) is 37.4 Å². The first-order valence-corrected chi connectivity index (χ1v) is 9.16. The van der Waals surface area contributed by atoms with E-state index in [9.17, 15) is 14.4 Å². The second-order valence-electron chi connectivity index (χ2n) is 6.27. The number of azide groups is 1. The van der Waals surface area contributed by atoms with E-state index in [2.05, 4.69) is 15.3 Å². The van der Waals surface area contributed by atoms with E-state index in [1.165, 1.54) is 7.11 Å². The molecule has 2 aromatic rings. The number of ketones is 1. The van der Waals surface area contributed by atoms with Gasteiger partial charge in [-0.25, -0.2) is 4.79 Å². The predicted molar refractivity (Wildman–Crippen MR) is 107 cm³/mol.